The first-order valence-electron chi connectivity index (χ1n) is 8.87. The van der Waals surface area contributed by atoms with Gasteiger partial charge in [-0.2, -0.15) is 9.61 Å². The number of anilines is 1. The predicted octanol–water partition coefficient (Wildman–Crippen LogP) is 0.680. The van der Waals surface area contributed by atoms with Crippen LogP contribution in [0.1, 0.15) is 25.2 Å². The van der Waals surface area contributed by atoms with Gasteiger partial charge in [0.15, 0.2) is 11.5 Å². The van der Waals surface area contributed by atoms with Crippen LogP contribution in [0, 0.1) is 6.92 Å². The molecule has 3 saturated heterocycles. The number of fused-ring (bicyclic) bond motifs is 3. The molecule has 3 atom stereocenters. The zero-order valence-corrected chi connectivity index (χ0v) is 14.7. The quantitative estimate of drug-likeness (QED) is 0.689. The van der Waals surface area contributed by atoms with E-state index in [0.717, 1.165) is 36.8 Å². The Balaban J connectivity index is 1.33. The molecule has 0 radical (unpaired) electrons. The maximum atomic E-state index is 12.9. The van der Waals surface area contributed by atoms with Crippen LogP contribution in [-0.4, -0.2) is 65.6 Å². The van der Waals surface area contributed by atoms with E-state index in [1.165, 1.54) is 0 Å². The number of piperidine rings is 1. The highest BCUT2D eigenvalue weighted by Crippen LogP contribution is 2.35. The van der Waals surface area contributed by atoms with E-state index in [0.29, 0.717) is 0 Å². The Morgan fingerprint density at radius 3 is 2.77 bits per heavy atom. The van der Waals surface area contributed by atoms with E-state index in [2.05, 4.69) is 25.3 Å². The van der Waals surface area contributed by atoms with Gasteiger partial charge in [0.05, 0.1) is 12.1 Å². The van der Waals surface area contributed by atoms with Crippen LogP contribution in [0.2, 0.25) is 0 Å². The lowest BCUT2D eigenvalue weighted by atomic mass is 9.86. The number of carbonyl (C=O) groups is 1. The minimum Gasteiger partial charge on any atom is -0.351 e. The first-order valence-corrected chi connectivity index (χ1v) is 8.87. The SMILES string of the molecule is Cc1nnc2ccc(N3CC4CC(C3)N4C(=O)C(C)n3cccn3)nn12. The fraction of sp³-hybridized carbons (Fsp3) is 0.471. The molecule has 3 aliphatic heterocycles. The zero-order valence-electron chi connectivity index (χ0n) is 14.7. The van der Waals surface area contributed by atoms with Gasteiger partial charge in [-0.25, -0.2) is 0 Å². The van der Waals surface area contributed by atoms with E-state index in [1.807, 2.05) is 43.1 Å². The third kappa shape index (κ3) is 2.19. The van der Waals surface area contributed by atoms with Crippen LogP contribution in [0.15, 0.2) is 30.6 Å². The van der Waals surface area contributed by atoms with Gasteiger partial charge in [-0.05, 0) is 38.5 Å². The summed E-state index contributed by atoms with van der Waals surface area (Å²) in [6, 6.07) is 5.96. The predicted molar refractivity (Wildman–Crippen MR) is 93.7 cm³/mol. The highest BCUT2D eigenvalue weighted by molar-refractivity contribution is 5.82. The van der Waals surface area contributed by atoms with Crippen LogP contribution in [0.4, 0.5) is 5.82 Å². The number of nitrogens with zero attached hydrogens (tertiary/aromatic N) is 8. The normalized spacial score (nSPS) is 23.2. The van der Waals surface area contributed by atoms with Crippen LogP contribution in [0.5, 0.6) is 0 Å². The lowest BCUT2D eigenvalue weighted by molar-refractivity contribution is -0.149. The molecule has 0 spiro atoms. The summed E-state index contributed by atoms with van der Waals surface area (Å²) in [5, 5.41) is 17.0. The Kier molecular flexibility index (Phi) is 3.25. The molecule has 6 rings (SSSR count). The summed E-state index contributed by atoms with van der Waals surface area (Å²) in [5.41, 5.74) is 0.748. The van der Waals surface area contributed by atoms with Gasteiger partial charge in [-0.1, -0.05) is 0 Å². The van der Waals surface area contributed by atoms with E-state index in [9.17, 15) is 4.79 Å². The van der Waals surface area contributed by atoms with Crippen molar-refractivity contribution in [1.82, 2.24) is 34.5 Å². The van der Waals surface area contributed by atoms with E-state index < -0.39 is 0 Å². The third-order valence-corrected chi connectivity index (χ3v) is 5.46. The van der Waals surface area contributed by atoms with Crippen molar-refractivity contribution in [3.63, 3.8) is 0 Å². The Bertz CT molecular complexity index is 952. The fourth-order valence-corrected chi connectivity index (χ4v) is 4.05. The van der Waals surface area contributed by atoms with Gasteiger partial charge >= 0.3 is 0 Å². The maximum absolute atomic E-state index is 12.9. The summed E-state index contributed by atoms with van der Waals surface area (Å²) in [5.74, 6) is 1.82. The summed E-state index contributed by atoms with van der Waals surface area (Å²) in [4.78, 5) is 17.2. The average molecular weight is 352 g/mol. The van der Waals surface area contributed by atoms with Gasteiger partial charge in [-0.3, -0.25) is 9.48 Å². The second-order valence-electron chi connectivity index (χ2n) is 7.06. The van der Waals surface area contributed by atoms with Crippen molar-refractivity contribution in [2.45, 2.75) is 38.4 Å². The molecule has 6 heterocycles. The van der Waals surface area contributed by atoms with Crippen molar-refractivity contribution in [3.8, 4) is 0 Å². The smallest absolute Gasteiger partial charge is 0.247 e. The number of rotatable bonds is 3. The molecule has 26 heavy (non-hydrogen) atoms. The number of aryl methyl sites for hydroxylation is 1. The van der Waals surface area contributed by atoms with Gasteiger partial charge < -0.3 is 9.80 Å². The lowest BCUT2D eigenvalue weighted by Gasteiger charge is -2.57. The molecular formula is C17H20N8O. The molecule has 3 aromatic rings. The summed E-state index contributed by atoms with van der Waals surface area (Å²) >= 11 is 0. The van der Waals surface area contributed by atoms with Crippen molar-refractivity contribution in [2.24, 2.45) is 0 Å². The van der Waals surface area contributed by atoms with Crippen molar-refractivity contribution in [2.75, 3.05) is 18.0 Å². The molecule has 0 aromatic carbocycles. The molecule has 1 amide bonds. The minimum atomic E-state index is -0.268. The molecular weight excluding hydrogens is 332 g/mol. The van der Waals surface area contributed by atoms with Gasteiger partial charge in [0, 0.05) is 25.5 Å². The molecule has 3 unspecified atom stereocenters. The number of amides is 1. The number of hydrogen-bond acceptors (Lipinski definition) is 6. The standard InChI is InChI=1S/C17H20N8O/c1-11(23-7-3-6-18-23)17(26)24-13-8-14(24)10-22(9-13)16-5-4-15-20-19-12(2)25(15)21-16/h3-7,11,13-14H,8-10H2,1-2H3. The fourth-order valence-electron chi connectivity index (χ4n) is 4.05. The highest BCUT2D eigenvalue weighted by atomic mass is 16.2. The van der Waals surface area contributed by atoms with Crippen molar-refractivity contribution < 1.29 is 4.79 Å². The van der Waals surface area contributed by atoms with Crippen LogP contribution < -0.4 is 4.90 Å². The van der Waals surface area contributed by atoms with Crippen LogP contribution in [-0.2, 0) is 4.79 Å². The molecule has 134 valence electrons. The lowest BCUT2D eigenvalue weighted by Crippen LogP contribution is -2.71. The summed E-state index contributed by atoms with van der Waals surface area (Å²) in [6.45, 7) is 5.40. The summed E-state index contributed by atoms with van der Waals surface area (Å²) in [7, 11) is 0. The average Bonchev–Trinajstić information content (AvgIpc) is 3.31. The van der Waals surface area contributed by atoms with E-state index in [4.69, 9.17) is 0 Å². The first-order chi connectivity index (χ1) is 12.6. The van der Waals surface area contributed by atoms with Crippen molar-refractivity contribution in [3.05, 3.63) is 36.4 Å². The van der Waals surface area contributed by atoms with Crippen molar-refractivity contribution in [1.29, 1.82) is 0 Å². The molecule has 0 saturated carbocycles. The molecule has 3 aliphatic rings. The Hall–Kier alpha value is -2.97. The van der Waals surface area contributed by atoms with E-state index in [1.54, 1.807) is 15.4 Å². The number of carbonyl (C=O) groups excluding carboxylic acids is 1. The van der Waals surface area contributed by atoms with Crippen LogP contribution in [0.25, 0.3) is 5.65 Å². The Morgan fingerprint density at radius 1 is 1.23 bits per heavy atom. The second kappa shape index (κ2) is 5.52. The minimum absolute atomic E-state index is 0.146. The summed E-state index contributed by atoms with van der Waals surface area (Å²) < 4.78 is 3.48. The molecule has 9 nitrogen and oxygen atoms in total. The molecule has 3 fully saturated rings. The van der Waals surface area contributed by atoms with E-state index in [-0.39, 0.29) is 24.0 Å². The van der Waals surface area contributed by atoms with E-state index >= 15 is 0 Å². The monoisotopic (exact) mass is 352 g/mol. The first kappa shape index (κ1) is 15.3. The van der Waals surface area contributed by atoms with Crippen molar-refractivity contribution >= 4 is 17.4 Å². The highest BCUT2D eigenvalue weighted by Gasteiger charge is 2.48. The largest absolute Gasteiger partial charge is 0.351 e. The van der Waals surface area contributed by atoms with Gasteiger partial charge in [-0.15, -0.1) is 15.3 Å². The van der Waals surface area contributed by atoms with Crippen LogP contribution >= 0.6 is 0 Å². The Morgan fingerprint density at radius 2 is 2.04 bits per heavy atom. The molecule has 3 aromatic heterocycles. The second-order valence-corrected chi connectivity index (χ2v) is 7.06. The molecule has 2 bridgehead atoms. The Labute approximate surface area is 150 Å². The number of piperazine rings is 1. The summed E-state index contributed by atoms with van der Waals surface area (Å²) in [6.07, 6.45) is 4.60. The van der Waals surface area contributed by atoms with Gasteiger partial charge in [0.25, 0.3) is 0 Å². The molecule has 9 heteroatoms. The molecule has 0 N–H and O–H groups in total. The topological polar surface area (TPSA) is 84.5 Å². The number of aromatic nitrogens is 6. The third-order valence-electron chi connectivity index (χ3n) is 5.46. The molecule has 0 aliphatic carbocycles. The number of hydrogen-bond donors (Lipinski definition) is 0. The van der Waals surface area contributed by atoms with Crippen LogP contribution in [0.3, 0.4) is 0 Å². The zero-order chi connectivity index (χ0) is 17.8. The maximum Gasteiger partial charge on any atom is 0.247 e. The van der Waals surface area contributed by atoms with Gasteiger partial charge in [0.1, 0.15) is 11.9 Å². The van der Waals surface area contributed by atoms with Gasteiger partial charge in [0.2, 0.25) is 5.91 Å².